The zero-order valence-electron chi connectivity index (χ0n) is 20.6. The van der Waals surface area contributed by atoms with Crippen LogP contribution in [0.5, 0.6) is 0 Å². The molecular weight excluding hydrogens is 402 g/mol. The van der Waals surface area contributed by atoms with Crippen LogP contribution in [-0.4, -0.2) is 29.4 Å². The maximum absolute atomic E-state index is 5.87. The summed E-state index contributed by atoms with van der Waals surface area (Å²) in [6.45, 7) is 12.5. The molecule has 1 aromatic heterocycles. The second kappa shape index (κ2) is 14.4. The fourth-order valence-corrected chi connectivity index (χ4v) is 3.77. The number of hydrogen-bond acceptors (Lipinski definition) is 5. The molecule has 2 fully saturated rings. The van der Waals surface area contributed by atoms with Gasteiger partial charge >= 0.3 is 0 Å². The van der Waals surface area contributed by atoms with E-state index in [0.717, 1.165) is 36.8 Å². The fraction of sp³-hybridized carbons (Fsp3) is 0.593. The lowest BCUT2D eigenvalue weighted by Crippen LogP contribution is -2.31. The first-order valence-corrected chi connectivity index (χ1v) is 12.2. The summed E-state index contributed by atoms with van der Waals surface area (Å²) >= 11 is 0. The van der Waals surface area contributed by atoms with Crippen LogP contribution in [-0.2, 0) is 18.9 Å². The number of nitrogens with zero attached hydrogens (tertiary/aromatic N) is 1. The molecule has 0 N–H and O–H groups in total. The Kier molecular flexibility index (Phi) is 11.9. The van der Waals surface area contributed by atoms with E-state index in [1.165, 1.54) is 0 Å². The van der Waals surface area contributed by atoms with Crippen LogP contribution in [0.15, 0.2) is 54.9 Å². The van der Waals surface area contributed by atoms with Crippen molar-refractivity contribution in [3.05, 3.63) is 66.0 Å². The number of aromatic nitrogens is 1. The molecule has 0 aliphatic carbocycles. The Morgan fingerprint density at radius 2 is 1.12 bits per heavy atom. The molecule has 178 valence electrons. The summed E-state index contributed by atoms with van der Waals surface area (Å²) in [5.41, 5.74) is 2.16. The fourth-order valence-electron chi connectivity index (χ4n) is 3.77. The molecule has 6 atom stereocenters. The maximum Gasteiger partial charge on any atom is 0.184 e. The topological polar surface area (TPSA) is 49.8 Å². The second-order valence-electron chi connectivity index (χ2n) is 8.05. The zero-order valence-corrected chi connectivity index (χ0v) is 20.6. The summed E-state index contributed by atoms with van der Waals surface area (Å²) in [5, 5.41) is 0. The summed E-state index contributed by atoms with van der Waals surface area (Å²) in [7, 11) is 0. The van der Waals surface area contributed by atoms with E-state index in [2.05, 4.69) is 44.8 Å². The standard InChI is InChI=1S/C13H18O2.C12H17NO2.C2H6/c1-3-12-9-10(2)14-13(15-12)11-7-5-4-6-8-11;1-3-11-8-9(2)14-12(15-11)10-4-6-13-7-5-10;1-2/h4-8,10,12-13H,3,9H2,1-2H3;4-7,9,11-12H,3,8H2,1-2H3;1-2H3. The minimum Gasteiger partial charge on any atom is -0.345 e. The van der Waals surface area contributed by atoms with E-state index in [0.29, 0.717) is 12.2 Å². The van der Waals surface area contributed by atoms with E-state index in [9.17, 15) is 0 Å². The number of benzene rings is 1. The van der Waals surface area contributed by atoms with E-state index in [4.69, 9.17) is 18.9 Å². The Balaban J connectivity index is 0.000000211. The molecule has 3 heterocycles. The van der Waals surface area contributed by atoms with Crippen molar-refractivity contribution in [1.82, 2.24) is 4.98 Å². The van der Waals surface area contributed by atoms with E-state index in [1.807, 2.05) is 44.2 Å². The Bertz CT molecular complexity index is 663. The van der Waals surface area contributed by atoms with E-state index >= 15 is 0 Å². The number of rotatable bonds is 4. The monoisotopic (exact) mass is 443 g/mol. The quantitative estimate of drug-likeness (QED) is 0.509. The Morgan fingerprint density at radius 1 is 0.688 bits per heavy atom. The molecule has 1 aromatic carbocycles. The van der Waals surface area contributed by atoms with Crippen LogP contribution < -0.4 is 0 Å². The average molecular weight is 444 g/mol. The van der Waals surface area contributed by atoms with Gasteiger partial charge in [-0.3, -0.25) is 4.98 Å². The first-order valence-electron chi connectivity index (χ1n) is 12.2. The smallest absolute Gasteiger partial charge is 0.184 e. The van der Waals surface area contributed by atoms with Crippen LogP contribution in [0.2, 0.25) is 0 Å². The number of hydrogen-bond donors (Lipinski definition) is 0. The normalized spacial score (nSPS) is 29.7. The lowest BCUT2D eigenvalue weighted by Gasteiger charge is -2.34. The highest BCUT2D eigenvalue weighted by molar-refractivity contribution is 5.16. The predicted molar refractivity (Wildman–Crippen MR) is 128 cm³/mol. The molecule has 0 radical (unpaired) electrons. The molecule has 0 spiro atoms. The van der Waals surface area contributed by atoms with Crippen LogP contribution in [0, 0.1) is 0 Å². The maximum atomic E-state index is 5.87. The van der Waals surface area contributed by atoms with Gasteiger partial charge in [-0.05, 0) is 51.7 Å². The molecule has 5 heteroatoms. The van der Waals surface area contributed by atoms with Gasteiger partial charge in [0.2, 0.25) is 0 Å². The van der Waals surface area contributed by atoms with Gasteiger partial charge in [0.25, 0.3) is 0 Å². The summed E-state index contributed by atoms with van der Waals surface area (Å²) in [5.74, 6) is 0. The van der Waals surface area contributed by atoms with Crippen LogP contribution in [0.3, 0.4) is 0 Å². The third-order valence-electron chi connectivity index (χ3n) is 5.49. The molecule has 2 saturated heterocycles. The summed E-state index contributed by atoms with van der Waals surface area (Å²) in [6.07, 6.45) is 8.40. The van der Waals surface area contributed by atoms with Crippen molar-refractivity contribution < 1.29 is 18.9 Å². The third kappa shape index (κ3) is 8.28. The van der Waals surface area contributed by atoms with E-state index < -0.39 is 0 Å². The first-order chi connectivity index (χ1) is 15.6. The zero-order chi connectivity index (χ0) is 23.3. The summed E-state index contributed by atoms with van der Waals surface area (Å²) in [4.78, 5) is 3.99. The van der Waals surface area contributed by atoms with Gasteiger partial charge in [-0.25, -0.2) is 0 Å². The van der Waals surface area contributed by atoms with Gasteiger partial charge in [0, 0.05) is 23.5 Å². The van der Waals surface area contributed by atoms with Gasteiger partial charge in [-0.15, -0.1) is 0 Å². The number of pyridine rings is 1. The van der Waals surface area contributed by atoms with Crippen molar-refractivity contribution in [2.45, 2.75) is 104 Å². The molecule has 32 heavy (non-hydrogen) atoms. The molecule has 5 nitrogen and oxygen atoms in total. The highest BCUT2D eigenvalue weighted by Gasteiger charge is 2.28. The molecule has 2 aromatic rings. The van der Waals surface area contributed by atoms with Crippen molar-refractivity contribution in [2.24, 2.45) is 0 Å². The number of ether oxygens (including phenoxy) is 4. The molecule has 0 amide bonds. The molecule has 6 unspecified atom stereocenters. The summed E-state index contributed by atoms with van der Waals surface area (Å²) < 4.78 is 23.2. The first kappa shape index (κ1) is 26.5. The van der Waals surface area contributed by atoms with Gasteiger partial charge in [-0.1, -0.05) is 58.0 Å². The molecule has 2 aliphatic heterocycles. The molecule has 2 aliphatic rings. The van der Waals surface area contributed by atoms with Crippen molar-refractivity contribution in [3.63, 3.8) is 0 Å². The molecule has 4 rings (SSSR count). The largest absolute Gasteiger partial charge is 0.345 e. The lowest BCUT2D eigenvalue weighted by molar-refractivity contribution is -0.244. The van der Waals surface area contributed by atoms with E-state index in [1.54, 1.807) is 12.4 Å². The Hall–Kier alpha value is -1.79. The van der Waals surface area contributed by atoms with Crippen LogP contribution in [0.1, 0.15) is 90.9 Å². The minimum absolute atomic E-state index is 0.181. The lowest BCUT2D eigenvalue weighted by atomic mass is 10.1. The van der Waals surface area contributed by atoms with Crippen molar-refractivity contribution in [3.8, 4) is 0 Å². The van der Waals surface area contributed by atoms with Gasteiger partial charge in [0.15, 0.2) is 12.6 Å². The average Bonchev–Trinajstić information content (AvgIpc) is 2.86. The van der Waals surface area contributed by atoms with Gasteiger partial charge < -0.3 is 18.9 Å². The van der Waals surface area contributed by atoms with Crippen molar-refractivity contribution in [2.75, 3.05) is 0 Å². The minimum atomic E-state index is -0.221. The highest BCUT2D eigenvalue weighted by atomic mass is 16.7. The van der Waals surface area contributed by atoms with Gasteiger partial charge in [-0.2, -0.15) is 0 Å². The highest BCUT2D eigenvalue weighted by Crippen LogP contribution is 2.31. The molecular formula is C27H41NO4. The Labute approximate surface area is 194 Å². The molecule has 0 saturated carbocycles. The second-order valence-corrected chi connectivity index (χ2v) is 8.05. The van der Waals surface area contributed by atoms with Crippen LogP contribution >= 0.6 is 0 Å². The van der Waals surface area contributed by atoms with Crippen molar-refractivity contribution in [1.29, 1.82) is 0 Å². The SMILES string of the molecule is CC.CCC1CC(C)OC(c2ccccc2)O1.CCC1CC(C)OC(c2ccncc2)O1. The third-order valence-corrected chi connectivity index (χ3v) is 5.49. The predicted octanol–water partition coefficient (Wildman–Crippen LogP) is 7.00. The van der Waals surface area contributed by atoms with Gasteiger partial charge in [0.05, 0.1) is 24.4 Å². The summed E-state index contributed by atoms with van der Waals surface area (Å²) in [6, 6.07) is 14.0. The van der Waals surface area contributed by atoms with Crippen LogP contribution in [0.4, 0.5) is 0 Å². The van der Waals surface area contributed by atoms with Gasteiger partial charge in [0.1, 0.15) is 0 Å². The van der Waals surface area contributed by atoms with E-state index in [-0.39, 0.29) is 24.8 Å². The van der Waals surface area contributed by atoms with Crippen molar-refractivity contribution >= 4 is 0 Å². The Morgan fingerprint density at radius 3 is 1.56 bits per heavy atom. The molecule has 0 bridgehead atoms. The van der Waals surface area contributed by atoms with Crippen LogP contribution in [0.25, 0.3) is 0 Å².